The van der Waals surface area contributed by atoms with Gasteiger partial charge in [0, 0.05) is 117 Å². The summed E-state index contributed by atoms with van der Waals surface area (Å²) in [5, 5.41) is 0. The number of piperidine rings is 2. The van der Waals surface area contributed by atoms with Crippen molar-refractivity contribution in [1.82, 2.24) is 34.3 Å². The second-order valence-corrected chi connectivity index (χ2v) is 22.8. The van der Waals surface area contributed by atoms with E-state index in [9.17, 15) is 24.0 Å². The van der Waals surface area contributed by atoms with Crippen molar-refractivity contribution in [1.29, 1.82) is 0 Å². The highest BCUT2D eigenvalue weighted by molar-refractivity contribution is 5.78. The number of amides is 5. The molecule has 5 fully saturated rings. The molecule has 0 aromatic carbocycles. The Labute approximate surface area is 428 Å². The van der Waals surface area contributed by atoms with E-state index < -0.39 is 0 Å². The van der Waals surface area contributed by atoms with Gasteiger partial charge in [-0.25, -0.2) is 0 Å². The van der Waals surface area contributed by atoms with Gasteiger partial charge in [-0.2, -0.15) is 0 Å². The molecular weight excluding hydrogens is 865 g/mol. The third-order valence-corrected chi connectivity index (χ3v) is 12.9. The Hall–Kier alpha value is -2.77. The molecular formula is C56H117N8O5+. The Morgan fingerprint density at radius 3 is 0.826 bits per heavy atom. The molecule has 5 aliphatic heterocycles. The molecule has 0 spiro atoms. The van der Waals surface area contributed by atoms with E-state index in [2.05, 4.69) is 114 Å². The zero-order valence-electron chi connectivity index (χ0n) is 45.7. The standard InChI is InChI=1S/C12H24N2O.C11H23N2O.C10H20N2O.2C10H19NO.3CH4/c1-10(2)9-12(15)14-7-5-13(6-8-14)11(3)4;1-10(2)9-11(14)12-5-7-13(3,4)8-6-12;1-9(2)8-10(13)12-6-4-11(3)5-7-12;2*1-9(2)8-10(12)11-6-4-3-5-7-11;;;/h10-11H,5-9H2,1-4H3;10H,5-9H2,1-4H3;9H,4-8H2,1-3H3;2*9H,3-8H2,1-2H3;3*1H4/q;+1;;;;;;. The molecule has 69 heavy (non-hydrogen) atoms. The average Bonchev–Trinajstić information content (AvgIpc) is 3.24. The van der Waals surface area contributed by atoms with Crippen molar-refractivity contribution in [3.63, 3.8) is 0 Å². The Kier molecular flexibility index (Phi) is 38.7. The minimum atomic E-state index is 0. The van der Waals surface area contributed by atoms with Crippen LogP contribution in [0.2, 0.25) is 0 Å². The summed E-state index contributed by atoms with van der Waals surface area (Å²) in [4.78, 5) is 73.0. The second kappa shape index (κ2) is 37.9. The van der Waals surface area contributed by atoms with Crippen LogP contribution in [0.1, 0.15) is 176 Å². The first-order chi connectivity index (χ1) is 30.9. The number of piperazine rings is 3. The highest BCUT2D eigenvalue weighted by atomic mass is 16.2. The number of quaternary nitrogens is 1. The zero-order chi connectivity index (χ0) is 50.0. The molecule has 0 atom stereocenters. The van der Waals surface area contributed by atoms with Crippen LogP contribution in [-0.2, 0) is 24.0 Å². The fourth-order valence-corrected chi connectivity index (χ4v) is 8.48. The number of likely N-dealkylation sites (tertiary alicyclic amines) is 2. The topological polar surface area (TPSA) is 108 Å². The highest BCUT2D eigenvalue weighted by Gasteiger charge is 2.27. The van der Waals surface area contributed by atoms with Gasteiger partial charge in [0.1, 0.15) is 0 Å². The molecule has 0 bridgehead atoms. The largest absolute Gasteiger partial charge is 0.343 e. The van der Waals surface area contributed by atoms with Crippen LogP contribution >= 0.6 is 0 Å². The first kappa shape index (κ1) is 70.5. The third-order valence-electron chi connectivity index (χ3n) is 12.9. The maximum atomic E-state index is 11.8. The summed E-state index contributed by atoms with van der Waals surface area (Å²) in [7, 11) is 6.55. The number of nitrogens with zero attached hydrogens (tertiary/aromatic N) is 8. The van der Waals surface area contributed by atoms with Gasteiger partial charge in [-0.15, -0.1) is 0 Å². The highest BCUT2D eigenvalue weighted by Crippen LogP contribution is 2.15. The fourth-order valence-electron chi connectivity index (χ4n) is 8.48. The number of hydrogen-bond acceptors (Lipinski definition) is 7. The van der Waals surface area contributed by atoms with Crippen LogP contribution in [0.15, 0.2) is 0 Å². The lowest BCUT2D eigenvalue weighted by Crippen LogP contribution is -2.56. The van der Waals surface area contributed by atoms with Crippen molar-refractivity contribution >= 4 is 29.5 Å². The quantitative estimate of drug-likeness (QED) is 0.190. The molecule has 0 aromatic heterocycles. The second-order valence-electron chi connectivity index (χ2n) is 22.8. The molecule has 0 aromatic rings. The van der Waals surface area contributed by atoms with Gasteiger partial charge in [-0.1, -0.05) is 91.5 Å². The van der Waals surface area contributed by atoms with E-state index >= 15 is 0 Å². The molecule has 0 unspecified atom stereocenters. The predicted molar refractivity (Wildman–Crippen MR) is 294 cm³/mol. The Morgan fingerprint density at radius 1 is 0.348 bits per heavy atom. The van der Waals surface area contributed by atoms with Crippen molar-refractivity contribution in [3.05, 3.63) is 0 Å². The maximum Gasteiger partial charge on any atom is 0.223 e. The molecule has 13 nitrogen and oxygen atoms in total. The van der Waals surface area contributed by atoms with Gasteiger partial charge in [0.05, 0.1) is 40.3 Å². The number of carbonyl (C=O) groups excluding carboxylic acids is 5. The molecule has 0 aliphatic carbocycles. The first-order valence-corrected chi connectivity index (χ1v) is 26.5. The minimum absolute atomic E-state index is 0. The van der Waals surface area contributed by atoms with E-state index in [4.69, 9.17) is 0 Å². The molecule has 410 valence electrons. The normalized spacial score (nSPS) is 18.5. The molecule has 5 saturated heterocycles. The third kappa shape index (κ3) is 32.8. The average molecular weight is 983 g/mol. The Bertz CT molecular complexity index is 1310. The van der Waals surface area contributed by atoms with Crippen molar-refractivity contribution in [2.24, 2.45) is 29.6 Å². The lowest BCUT2D eigenvalue weighted by Gasteiger charge is -2.39. The van der Waals surface area contributed by atoms with Crippen LogP contribution < -0.4 is 0 Å². The monoisotopic (exact) mass is 982 g/mol. The summed E-state index contributed by atoms with van der Waals surface area (Å²) in [6.45, 7) is 41.1. The maximum absolute atomic E-state index is 11.8. The smallest absolute Gasteiger partial charge is 0.223 e. The summed E-state index contributed by atoms with van der Waals surface area (Å²) in [6, 6.07) is 0.604. The van der Waals surface area contributed by atoms with Crippen LogP contribution in [-0.4, -0.2) is 200 Å². The molecule has 5 aliphatic rings. The van der Waals surface area contributed by atoms with Crippen LogP contribution in [0.3, 0.4) is 0 Å². The van der Waals surface area contributed by atoms with E-state index in [1.165, 1.54) is 38.5 Å². The fraction of sp³-hybridized carbons (Fsp3) is 0.911. The molecule has 0 radical (unpaired) electrons. The van der Waals surface area contributed by atoms with Crippen molar-refractivity contribution < 1.29 is 28.5 Å². The van der Waals surface area contributed by atoms with Crippen LogP contribution in [0.5, 0.6) is 0 Å². The Balaban J connectivity index is -0.000000782. The first-order valence-electron chi connectivity index (χ1n) is 26.5. The Morgan fingerprint density at radius 2 is 0.580 bits per heavy atom. The minimum Gasteiger partial charge on any atom is -0.343 e. The van der Waals surface area contributed by atoms with Gasteiger partial charge >= 0.3 is 0 Å². The van der Waals surface area contributed by atoms with Gasteiger partial charge in [0.15, 0.2) is 0 Å². The molecule has 5 heterocycles. The summed E-state index contributed by atoms with van der Waals surface area (Å²) < 4.78 is 1.05. The predicted octanol–water partition coefficient (Wildman–Crippen LogP) is 9.34. The van der Waals surface area contributed by atoms with Crippen molar-refractivity contribution in [3.8, 4) is 0 Å². The summed E-state index contributed by atoms with van der Waals surface area (Å²) in [5.74, 6) is 4.11. The number of carbonyl (C=O) groups is 5. The van der Waals surface area contributed by atoms with E-state index in [1.54, 1.807) is 0 Å². The van der Waals surface area contributed by atoms with Gasteiger partial charge in [-0.3, -0.25) is 28.9 Å². The van der Waals surface area contributed by atoms with Gasteiger partial charge in [-0.05, 0) is 89.0 Å². The molecule has 5 rings (SSSR count). The van der Waals surface area contributed by atoms with Crippen molar-refractivity contribution in [2.45, 2.75) is 182 Å². The number of likely N-dealkylation sites (N-methyl/N-ethyl adjacent to an activating group) is 2. The zero-order valence-corrected chi connectivity index (χ0v) is 45.7. The number of hydrogen-bond donors (Lipinski definition) is 0. The molecule has 5 amide bonds. The van der Waals surface area contributed by atoms with Crippen LogP contribution in [0.4, 0.5) is 0 Å². The summed E-state index contributed by atoms with van der Waals surface area (Å²) >= 11 is 0. The SMILES string of the molecule is C.C.C.CC(C)CC(=O)N1CCCCC1.CC(C)CC(=O)N1CCCCC1.CC(C)CC(=O)N1CCN(C(C)C)CC1.CC(C)CC(=O)N1CCN(C)CC1.CC(C)CC(=O)N1CC[N+](C)(C)CC1. The van der Waals surface area contributed by atoms with Crippen molar-refractivity contribution in [2.75, 3.05) is 126 Å². The lowest BCUT2D eigenvalue weighted by molar-refractivity contribution is -0.894. The van der Waals surface area contributed by atoms with Crippen LogP contribution in [0.25, 0.3) is 0 Å². The van der Waals surface area contributed by atoms with E-state index in [0.29, 0.717) is 84.4 Å². The summed E-state index contributed by atoms with van der Waals surface area (Å²) in [5.41, 5.74) is 0. The molecule has 0 saturated carbocycles. The molecule has 0 N–H and O–H groups in total. The van der Waals surface area contributed by atoms with Gasteiger partial charge in [0.2, 0.25) is 29.5 Å². The van der Waals surface area contributed by atoms with E-state index in [1.807, 2.05) is 24.5 Å². The number of rotatable bonds is 11. The lowest BCUT2D eigenvalue weighted by atomic mass is 10.1. The van der Waals surface area contributed by atoms with E-state index in [-0.39, 0.29) is 22.3 Å². The van der Waals surface area contributed by atoms with Gasteiger partial charge < -0.3 is 33.9 Å². The molecule has 13 heteroatoms. The van der Waals surface area contributed by atoms with Crippen LogP contribution in [0, 0.1) is 29.6 Å². The summed E-state index contributed by atoms with van der Waals surface area (Å²) in [6.07, 6.45) is 10.9. The van der Waals surface area contributed by atoms with Gasteiger partial charge in [0.25, 0.3) is 0 Å². The van der Waals surface area contributed by atoms with E-state index in [0.717, 1.165) is 122 Å².